The average molecular weight is 175 g/mol. The maximum absolute atomic E-state index is 10.5. The van der Waals surface area contributed by atoms with Crippen LogP contribution in [0.1, 0.15) is 26.7 Å². The zero-order valence-corrected chi connectivity index (χ0v) is 7.67. The number of carboxylic acid groups (broad SMARTS) is 1. The quantitative estimate of drug-likeness (QED) is 0.580. The van der Waals surface area contributed by atoms with Gasteiger partial charge in [0.1, 0.15) is 5.54 Å². The second-order valence-electron chi connectivity index (χ2n) is 3.02. The van der Waals surface area contributed by atoms with Crippen LogP contribution < -0.4 is 5.73 Å². The van der Waals surface area contributed by atoms with E-state index >= 15 is 0 Å². The van der Waals surface area contributed by atoms with E-state index in [-0.39, 0.29) is 0 Å². The molecule has 0 aliphatic heterocycles. The van der Waals surface area contributed by atoms with Crippen LogP contribution in [0.3, 0.4) is 0 Å². The summed E-state index contributed by atoms with van der Waals surface area (Å²) >= 11 is 0. The summed E-state index contributed by atoms with van der Waals surface area (Å²) in [7, 11) is 0. The van der Waals surface area contributed by atoms with E-state index in [9.17, 15) is 4.79 Å². The van der Waals surface area contributed by atoms with Crippen LogP contribution in [0.5, 0.6) is 0 Å². The lowest BCUT2D eigenvalue weighted by molar-refractivity contribution is -0.143. The molecule has 0 radical (unpaired) electrons. The highest BCUT2D eigenvalue weighted by molar-refractivity contribution is 5.77. The minimum absolute atomic E-state index is 0.447. The number of hydrogen-bond donors (Lipinski definition) is 2. The lowest BCUT2D eigenvalue weighted by Crippen LogP contribution is -2.44. The van der Waals surface area contributed by atoms with Crippen LogP contribution in [-0.4, -0.2) is 29.8 Å². The van der Waals surface area contributed by atoms with E-state index in [1.807, 2.05) is 6.92 Å². The van der Waals surface area contributed by atoms with Crippen molar-refractivity contribution in [1.29, 1.82) is 0 Å². The number of carboxylic acids is 1. The Morgan fingerprint density at radius 1 is 1.67 bits per heavy atom. The smallest absolute Gasteiger partial charge is 0.323 e. The van der Waals surface area contributed by atoms with E-state index in [0.29, 0.717) is 26.1 Å². The summed E-state index contributed by atoms with van der Waals surface area (Å²) in [6.45, 7) is 4.66. The molecule has 4 nitrogen and oxygen atoms in total. The van der Waals surface area contributed by atoms with Gasteiger partial charge in [-0.05, 0) is 26.7 Å². The molecule has 12 heavy (non-hydrogen) atoms. The number of hydrogen-bond acceptors (Lipinski definition) is 3. The van der Waals surface area contributed by atoms with Crippen molar-refractivity contribution in [2.75, 3.05) is 13.2 Å². The summed E-state index contributed by atoms with van der Waals surface area (Å²) < 4.78 is 5.06. The Morgan fingerprint density at radius 3 is 2.67 bits per heavy atom. The van der Waals surface area contributed by atoms with E-state index in [1.54, 1.807) is 0 Å². The zero-order chi connectivity index (χ0) is 9.61. The van der Waals surface area contributed by atoms with Crippen molar-refractivity contribution in [3.63, 3.8) is 0 Å². The Bertz CT molecular complexity index is 145. The zero-order valence-electron chi connectivity index (χ0n) is 7.67. The molecule has 0 bridgehead atoms. The fourth-order valence-electron chi connectivity index (χ4n) is 0.793. The van der Waals surface area contributed by atoms with Crippen molar-refractivity contribution in [2.45, 2.75) is 32.2 Å². The molecule has 1 atom stereocenters. The van der Waals surface area contributed by atoms with Gasteiger partial charge < -0.3 is 15.6 Å². The fourth-order valence-corrected chi connectivity index (χ4v) is 0.793. The summed E-state index contributed by atoms with van der Waals surface area (Å²) in [5.41, 5.74) is 4.37. The first-order chi connectivity index (χ1) is 5.50. The SMILES string of the molecule is CCOCCCC(C)(N)C(=O)O. The molecule has 0 aliphatic carbocycles. The van der Waals surface area contributed by atoms with E-state index in [2.05, 4.69) is 0 Å². The maximum atomic E-state index is 10.5. The van der Waals surface area contributed by atoms with Crippen molar-refractivity contribution in [3.05, 3.63) is 0 Å². The molecule has 0 amide bonds. The fraction of sp³-hybridized carbons (Fsp3) is 0.875. The number of rotatable bonds is 6. The second kappa shape index (κ2) is 5.11. The van der Waals surface area contributed by atoms with Crippen LogP contribution in [0.25, 0.3) is 0 Å². The van der Waals surface area contributed by atoms with Gasteiger partial charge in [-0.3, -0.25) is 4.79 Å². The number of nitrogens with two attached hydrogens (primary N) is 1. The Balaban J connectivity index is 3.54. The molecule has 0 aromatic heterocycles. The van der Waals surface area contributed by atoms with E-state index in [0.717, 1.165) is 0 Å². The molecule has 4 heteroatoms. The largest absolute Gasteiger partial charge is 0.480 e. The predicted octanol–water partition coefficient (Wildman–Crippen LogP) is 0.605. The van der Waals surface area contributed by atoms with Crippen LogP contribution >= 0.6 is 0 Å². The van der Waals surface area contributed by atoms with Crippen LogP contribution in [0.4, 0.5) is 0 Å². The number of ether oxygens (including phenoxy) is 1. The minimum Gasteiger partial charge on any atom is -0.480 e. The minimum atomic E-state index is -1.11. The van der Waals surface area contributed by atoms with Crippen molar-refractivity contribution < 1.29 is 14.6 Å². The highest BCUT2D eigenvalue weighted by atomic mass is 16.5. The average Bonchev–Trinajstić information content (AvgIpc) is 1.98. The number of carbonyl (C=O) groups is 1. The van der Waals surface area contributed by atoms with Crippen LogP contribution in [0.2, 0.25) is 0 Å². The lowest BCUT2D eigenvalue weighted by Gasteiger charge is -2.18. The first-order valence-corrected chi connectivity index (χ1v) is 4.10. The molecule has 0 spiro atoms. The van der Waals surface area contributed by atoms with Crippen LogP contribution in [0.15, 0.2) is 0 Å². The van der Waals surface area contributed by atoms with E-state index in [1.165, 1.54) is 6.92 Å². The highest BCUT2D eigenvalue weighted by Gasteiger charge is 2.26. The Morgan fingerprint density at radius 2 is 2.25 bits per heavy atom. The van der Waals surface area contributed by atoms with Crippen LogP contribution in [0, 0.1) is 0 Å². The summed E-state index contributed by atoms with van der Waals surface area (Å²) in [5, 5.41) is 8.63. The Hall–Kier alpha value is -0.610. The van der Waals surface area contributed by atoms with Crippen molar-refractivity contribution in [3.8, 4) is 0 Å². The molecule has 0 fully saturated rings. The molecule has 3 N–H and O–H groups in total. The van der Waals surface area contributed by atoms with Gasteiger partial charge in [0.25, 0.3) is 0 Å². The lowest BCUT2D eigenvalue weighted by atomic mass is 9.98. The summed E-state index contributed by atoms with van der Waals surface area (Å²) in [6.07, 6.45) is 1.13. The van der Waals surface area contributed by atoms with Gasteiger partial charge in [-0.1, -0.05) is 0 Å². The third-order valence-corrected chi connectivity index (χ3v) is 1.68. The molecule has 0 rings (SSSR count). The van der Waals surface area contributed by atoms with Gasteiger partial charge in [-0.25, -0.2) is 0 Å². The van der Waals surface area contributed by atoms with Gasteiger partial charge >= 0.3 is 5.97 Å². The predicted molar refractivity (Wildman–Crippen MR) is 46.0 cm³/mol. The molecule has 0 saturated carbocycles. The number of aliphatic carboxylic acids is 1. The normalized spacial score (nSPS) is 15.6. The maximum Gasteiger partial charge on any atom is 0.323 e. The summed E-state index contributed by atoms with van der Waals surface area (Å²) in [6, 6.07) is 0. The van der Waals surface area contributed by atoms with Gasteiger partial charge in [0.2, 0.25) is 0 Å². The molecule has 0 saturated heterocycles. The van der Waals surface area contributed by atoms with Gasteiger partial charge in [0, 0.05) is 13.2 Å². The first kappa shape index (κ1) is 11.4. The molecular weight excluding hydrogens is 158 g/mol. The third kappa shape index (κ3) is 4.31. The van der Waals surface area contributed by atoms with Gasteiger partial charge in [0.05, 0.1) is 0 Å². The van der Waals surface area contributed by atoms with Crippen molar-refractivity contribution >= 4 is 5.97 Å². The Kier molecular flexibility index (Phi) is 4.85. The Labute approximate surface area is 72.7 Å². The third-order valence-electron chi connectivity index (χ3n) is 1.68. The molecule has 0 heterocycles. The van der Waals surface area contributed by atoms with E-state index in [4.69, 9.17) is 15.6 Å². The molecule has 1 unspecified atom stereocenters. The summed E-state index contributed by atoms with van der Waals surface area (Å²) in [5.74, 6) is -0.959. The van der Waals surface area contributed by atoms with Gasteiger partial charge in [-0.15, -0.1) is 0 Å². The summed E-state index contributed by atoms with van der Waals surface area (Å²) in [4.78, 5) is 10.5. The second-order valence-corrected chi connectivity index (χ2v) is 3.02. The topological polar surface area (TPSA) is 72.5 Å². The first-order valence-electron chi connectivity index (χ1n) is 4.10. The van der Waals surface area contributed by atoms with E-state index < -0.39 is 11.5 Å². The monoisotopic (exact) mass is 175 g/mol. The molecule has 0 aliphatic rings. The molecule has 0 aromatic carbocycles. The highest BCUT2D eigenvalue weighted by Crippen LogP contribution is 2.08. The molecular formula is C8H17NO3. The van der Waals surface area contributed by atoms with Gasteiger partial charge in [0.15, 0.2) is 0 Å². The van der Waals surface area contributed by atoms with Gasteiger partial charge in [-0.2, -0.15) is 0 Å². The van der Waals surface area contributed by atoms with Crippen LogP contribution in [-0.2, 0) is 9.53 Å². The molecule has 72 valence electrons. The van der Waals surface area contributed by atoms with Crippen molar-refractivity contribution in [1.82, 2.24) is 0 Å². The van der Waals surface area contributed by atoms with Crippen molar-refractivity contribution in [2.24, 2.45) is 5.73 Å². The standard InChI is InChI=1S/C8H17NO3/c1-3-12-6-4-5-8(2,9)7(10)11/h3-6,9H2,1-2H3,(H,10,11). The molecule has 0 aromatic rings.